The Morgan fingerprint density at radius 3 is 2.87 bits per heavy atom. The van der Waals surface area contributed by atoms with Gasteiger partial charge in [-0.05, 0) is 20.8 Å². The fourth-order valence-corrected chi connectivity index (χ4v) is 1.81. The molecule has 1 aromatic heterocycles. The van der Waals surface area contributed by atoms with Crippen molar-refractivity contribution in [2.45, 2.75) is 39.3 Å². The van der Waals surface area contributed by atoms with Gasteiger partial charge in [0.15, 0.2) is 0 Å². The molecule has 2 rings (SSSR count). The van der Waals surface area contributed by atoms with Crippen molar-refractivity contribution in [3.05, 3.63) is 17.5 Å². The molecule has 82 valence electrons. The van der Waals surface area contributed by atoms with Crippen molar-refractivity contribution in [3.8, 4) is 5.75 Å². The van der Waals surface area contributed by atoms with E-state index in [1.165, 1.54) is 0 Å². The van der Waals surface area contributed by atoms with Crippen LogP contribution in [0.5, 0.6) is 5.75 Å². The molecule has 4 heteroatoms. The van der Waals surface area contributed by atoms with E-state index in [1.54, 1.807) is 0 Å². The Morgan fingerprint density at radius 2 is 2.20 bits per heavy atom. The highest BCUT2D eigenvalue weighted by Crippen LogP contribution is 2.20. The molecule has 0 spiro atoms. The molecule has 0 radical (unpaired) electrons. The molecular formula is C11H17N3O. The van der Waals surface area contributed by atoms with E-state index >= 15 is 0 Å². The molecule has 0 amide bonds. The van der Waals surface area contributed by atoms with E-state index in [1.807, 2.05) is 19.9 Å². The first-order valence-corrected chi connectivity index (χ1v) is 5.36. The minimum absolute atomic E-state index is 0.266. The summed E-state index contributed by atoms with van der Waals surface area (Å²) in [6.07, 6.45) is 1.32. The van der Waals surface area contributed by atoms with Gasteiger partial charge < -0.3 is 10.1 Å². The van der Waals surface area contributed by atoms with Gasteiger partial charge in [0.25, 0.3) is 0 Å². The second kappa shape index (κ2) is 4.14. The van der Waals surface area contributed by atoms with Crippen molar-refractivity contribution < 1.29 is 4.74 Å². The maximum atomic E-state index is 5.89. The molecule has 0 aromatic carbocycles. The second-order valence-electron chi connectivity index (χ2n) is 4.22. The zero-order valence-electron chi connectivity index (χ0n) is 9.45. The van der Waals surface area contributed by atoms with Gasteiger partial charge in [-0.15, -0.1) is 0 Å². The molecule has 1 fully saturated rings. The largest absolute Gasteiger partial charge is 0.487 e. The Hall–Kier alpha value is -1.16. The molecule has 1 aliphatic rings. The van der Waals surface area contributed by atoms with E-state index in [-0.39, 0.29) is 6.10 Å². The lowest BCUT2D eigenvalue weighted by Crippen LogP contribution is -2.21. The highest BCUT2D eigenvalue weighted by molar-refractivity contribution is 5.27. The highest BCUT2D eigenvalue weighted by atomic mass is 16.5. The van der Waals surface area contributed by atoms with Crippen LogP contribution < -0.4 is 10.1 Å². The van der Waals surface area contributed by atoms with Gasteiger partial charge in [-0.2, -0.15) is 10.2 Å². The molecule has 0 aliphatic carbocycles. The van der Waals surface area contributed by atoms with Crippen LogP contribution in [0.15, 0.2) is 6.07 Å². The lowest BCUT2D eigenvalue weighted by atomic mass is 10.2. The second-order valence-corrected chi connectivity index (χ2v) is 4.22. The summed E-state index contributed by atoms with van der Waals surface area (Å²) in [5.74, 6) is 0.864. The van der Waals surface area contributed by atoms with Crippen LogP contribution in [0.2, 0.25) is 0 Å². The minimum atomic E-state index is 0.266. The van der Waals surface area contributed by atoms with Crippen LogP contribution in [0.3, 0.4) is 0 Å². The van der Waals surface area contributed by atoms with Gasteiger partial charge >= 0.3 is 0 Å². The minimum Gasteiger partial charge on any atom is -0.487 e. The number of rotatable bonds is 2. The van der Waals surface area contributed by atoms with Crippen molar-refractivity contribution in [2.24, 2.45) is 0 Å². The van der Waals surface area contributed by atoms with Crippen molar-refractivity contribution in [1.29, 1.82) is 0 Å². The van der Waals surface area contributed by atoms with E-state index in [9.17, 15) is 0 Å². The summed E-state index contributed by atoms with van der Waals surface area (Å²) in [6, 6.07) is 2.50. The molecule has 1 saturated heterocycles. The number of nitrogens with one attached hydrogen (secondary N) is 1. The summed E-state index contributed by atoms with van der Waals surface area (Å²) in [6.45, 7) is 6.94. The lowest BCUT2D eigenvalue weighted by Gasteiger charge is -2.14. The first-order valence-electron chi connectivity index (χ1n) is 5.36. The van der Waals surface area contributed by atoms with Crippen LogP contribution >= 0.6 is 0 Å². The van der Waals surface area contributed by atoms with Crippen LogP contribution in [0, 0.1) is 13.8 Å². The lowest BCUT2D eigenvalue weighted by molar-refractivity contribution is 0.217. The quantitative estimate of drug-likeness (QED) is 0.792. The molecular weight excluding hydrogens is 190 g/mol. The number of aryl methyl sites for hydroxylation is 2. The summed E-state index contributed by atoms with van der Waals surface area (Å²) >= 11 is 0. The van der Waals surface area contributed by atoms with Gasteiger partial charge in [0.05, 0.1) is 5.69 Å². The van der Waals surface area contributed by atoms with Gasteiger partial charge in [-0.3, -0.25) is 0 Å². The predicted molar refractivity (Wildman–Crippen MR) is 58.0 cm³/mol. The fourth-order valence-electron chi connectivity index (χ4n) is 1.81. The zero-order valence-corrected chi connectivity index (χ0v) is 9.45. The molecule has 4 nitrogen and oxygen atoms in total. The topological polar surface area (TPSA) is 47.0 Å². The number of aromatic nitrogens is 2. The third kappa shape index (κ3) is 2.45. The average Bonchev–Trinajstić information content (AvgIpc) is 2.58. The van der Waals surface area contributed by atoms with Gasteiger partial charge in [-0.1, -0.05) is 0 Å². The first-order chi connectivity index (χ1) is 7.15. The molecule has 2 atom stereocenters. The monoisotopic (exact) mass is 207 g/mol. The summed E-state index contributed by atoms with van der Waals surface area (Å²) < 4.78 is 5.89. The van der Waals surface area contributed by atoms with Crippen molar-refractivity contribution in [3.63, 3.8) is 0 Å². The summed E-state index contributed by atoms with van der Waals surface area (Å²) in [5.41, 5.74) is 1.76. The van der Waals surface area contributed by atoms with Crippen LogP contribution in [0.4, 0.5) is 0 Å². The van der Waals surface area contributed by atoms with Gasteiger partial charge in [0.1, 0.15) is 17.5 Å². The standard InChI is InChI=1S/C11H17N3O/c1-7-4-10(6-12-7)15-11-5-8(2)13-14-9(11)3/h5,7,10,12H,4,6H2,1-3H3/t7-,10+/m0/s1. The zero-order chi connectivity index (χ0) is 10.8. The molecule has 1 aromatic rings. The third-order valence-electron chi connectivity index (χ3n) is 2.66. The third-order valence-corrected chi connectivity index (χ3v) is 2.66. The Bertz CT molecular complexity index is 354. The Kier molecular flexibility index (Phi) is 2.86. The fraction of sp³-hybridized carbons (Fsp3) is 0.636. The predicted octanol–water partition coefficient (Wildman–Crippen LogP) is 1.22. The van der Waals surface area contributed by atoms with Gasteiger partial charge in [-0.25, -0.2) is 0 Å². The number of ether oxygens (including phenoxy) is 1. The van der Waals surface area contributed by atoms with Crippen LogP contribution in [0.1, 0.15) is 24.7 Å². The Labute approximate surface area is 90.1 Å². The maximum Gasteiger partial charge on any atom is 0.144 e. The van der Waals surface area contributed by atoms with Crippen molar-refractivity contribution >= 4 is 0 Å². The highest BCUT2D eigenvalue weighted by Gasteiger charge is 2.22. The molecule has 1 aliphatic heterocycles. The van der Waals surface area contributed by atoms with Gasteiger partial charge in [0, 0.05) is 25.1 Å². The Morgan fingerprint density at radius 1 is 1.40 bits per heavy atom. The van der Waals surface area contributed by atoms with E-state index in [0.29, 0.717) is 6.04 Å². The SMILES string of the molecule is Cc1cc(O[C@H]2CN[C@@H](C)C2)c(C)nn1. The summed E-state index contributed by atoms with van der Waals surface area (Å²) in [4.78, 5) is 0. The van der Waals surface area contributed by atoms with E-state index in [4.69, 9.17) is 4.74 Å². The summed E-state index contributed by atoms with van der Waals surface area (Å²) in [5, 5.41) is 11.4. The first kappa shape index (κ1) is 10.4. The molecule has 0 bridgehead atoms. The van der Waals surface area contributed by atoms with Crippen LogP contribution in [-0.2, 0) is 0 Å². The summed E-state index contributed by atoms with van der Waals surface area (Å²) in [7, 11) is 0. The number of hydrogen-bond acceptors (Lipinski definition) is 4. The maximum absolute atomic E-state index is 5.89. The van der Waals surface area contributed by atoms with Crippen LogP contribution in [0.25, 0.3) is 0 Å². The van der Waals surface area contributed by atoms with E-state index in [0.717, 1.165) is 30.1 Å². The average molecular weight is 207 g/mol. The Balaban J connectivity index is 2.07. The van der Waals surface area contributed by atoms with Crippen molar-refractivity contribution in [2.75, 3.05) is 6.54 Å². The number of hydrogen-bond donors (Lipinski definition) is 1. The van der Waals surface area contributed by atoms with Crippen molar-refractivity contribution in [1.82, 2.24) is 15.5 Å². The molecule has 1 N–H and O–H groups in total. The van der Waals surface area contributed by atoms with Gasteiger partial charge in [0.2, 0.25) is 0 Å². The number of nitrogens with zero attached hydrogens (tertiary/aromatic N) is 2. The normalized spacial score (nSPS) is 25.5. The van der Waals surface area contributed by atoms with E-state index < -0.39 is 0 Å². The van der Waals surface area contributed by atoms with Crippen LogP contribution in [-0.4, -0.2) is 28.9 Å². The molecule has 0 saturated carbocycles. The molecule has 0 unspecified atom stereocenters. The molecule has 15 heavy (non-hydrogen) atoms. The molecule has 2 heterocycles. The van der Waals surface area contributed by atoms with E-state index in [2.05, 4.69) is 22.4 Å². The smallest absolute Gasteiger partial charge is 0.144 e.